The van der Waals surface area contributed by atoms with Crippen LogP contribution in [0.5, 0.6) is 11.5 Å². The van der Waals surface area contributed by atoms with Gasteiger partial charge in [0.05, 0.1) is 12.7 Å². The first-order valence-corrected chi connectivity index (χ1v) is 8.10. The van der Waals surface area contributed by atoms with Crippen molar-refractivity contribution in [2.45, 2.75) is 44.6 Å². The highest BCUT2D eigenvalue weighted by Gasteiger charge is 2.25. The van der Waals surface area contributed by atoms with Crippen molar-refractivity contribution >= 4 is 5.91 Å². The Bertz CT molecular complexity index is 722. The molecule has 1 fully saturated rings. The third-order valence-corrected chi connectivity index (χ3v) is 4.32. The molecule has 1 aliphatic carbocycles. The molecule has 1 aromatic heterocycles. The zero-order chi connectivity index (χ0) is 17.1. The minimum atomic E-state index is -0.438. The van der Waals surface area contributed by atoms with Crippen LogP contribution in [-0.4, -0.2) is 28.3 Å². The lowest BCUT2D eigenvalue weighted by molar-refractivity contribution is 0.0929. The van der Waals surface area contributed by atoms with E-state index in [4.69, 9.17) is 9.26 Å². The maximum atomic E-state index is 12.4. The number of methoxy groups -OCH3 is 1. The Kier molecular flexibility index (Phi) is 4.69. The summed E-state index contributed by atoms with van der Waals surface area (Å²) in [6, 6.07) is 3.93. The van der Waals surface area contributed by atoms with Gasteiger partial charge in [-0.2, -0.15) is 4.98 Å². The number of hydrogen-bond acceptors (Lipinski definition) is 6. The van der Waals surface area contributed by atoms with Gasteiger partial charge in [0.2, 0.25) is 5.89 Å². The van der Waals surface area contributed by atoms with Gasteiger partial charge in [-0.3, -0.25) is 4.79 Å². The summed E-state index contributed by atoms with van der Waals surface area (Å²) in [7, 11) is 1.47. The second-order valence-electron chi connectivity index (χ2n) is 6.05. The van der Waals surface area contributed by atoms with Crippen LogP contribution in [0.25, 0.3) is 0 Å². The summed E-state index contributed by atoms with van der Waals surface area (Å²) in [5, 5.41) is 16.4. The number of phenols is 1. The standard InChI is InChI=1S/C17H21N3O4/c1-10(17-19-15(20-24-17)11-5-3-4-6-11)18-16(22)13-9-12(21)7-8-14(13)23-2/h7-11,21H,3-6H2,1-2H3,(H,18,22). The number of hydrogen-bond donors (Lipinski definition) is 2. The highest BCUT2D eigenvalue weighted by Crippen LogP contribution is 2.32. The van der Waals surface area contributed by atoms with Gasteiger partial charge in [0.1, 0.15) is 17.5 Å². The van der Waals surface area contributed by atoms with Crippen LogP contribution in [0.1, 0.15) is 66.6 Å². The van der Waals surface area contributed by atoms with Gasteiger partial charge in [0.15, 0.2) is 5.82 Å². The lowest BCUT2D eigenvalue weighted by atomic mass is 10.1. The molecular weight excluding hydrogens is 310 g/mol. The quantitative estimate of drug-likeness (QED) is 0.874. The lowest BCUT2D eigenvalue weighted by Gasteiger charge is -2.12. The smallest absolute Gasteiger partial charge is 0.255 e. The molecule has 1 amide bonds. The van der Waals surface area contributed by atoms with Crippen LogP contribution in [-0.2, 0) is 0 Å². The zero-order valence-corrected chi connectivity index (χ0v) is 13.8. The Morgan fingerprint density at radius 1 is 1.42 bits per heavy atom. The predicted molar refractivity (Wildman–Crippen MR) is 86.0 cm³/mol. The molecule has 0 bridgehead atoms. The number of amides is 1. The van der Waals surface area contributed by atoms with E-state index >= 15 is 0 Å². The SMILES string of the molecule is COc1ccc(O)cc1C(=O)NC(C)c1nc(C2CCCC2)no1. The molecule has 0 saturated heterocycles. The Hall–Kier alpha value is -2.57. The van der Waals surface area contributed by atoms with E-state index in [9.17, 15) is 9.90 Å². The van der Waals surface area contributed by atoms with Crippen molar-refractivity contribution < 1.29 is 19.2 Å². The molecular formula is C17H21N3O4. The minimum Gasteiger partial charge on any atom is -0.508 e. The monoisotopic (exact) mass is 331 g/mol. The fraction of sp³-hybridized carbons (Fsp3) is 0.471. The highest BCUT2D eigenvalue weighted by molar-refractivity contribution is 5.97. The molecule has 0 radical (unpaired) electrons. The van der Waals surface area contributed by atoms with Crippen molar-refractivity contribution in [3.63, 3.8) is 0 Å². The molecule has 3 rings (SSSR count). The third kappa shape index (κ3) is 3.34. The molecule has 0 spiro atoms. The Morgan fingerprint density at radius 2 is 2.17 bits per heavy atom. The fourth-order valence-corrected chi connectivity index (χ4v) is 2.98. The van der Waals surface area contributed by atoms with E-state index in [1.54, 1.807) is 13.0 Å². The highest BCUT2D eigenvalue weighted by atomic mass is 16.5. The minimum absolute atomic E-state index is 0.00471. The van der Waals surface area contributed by atoms with Gasteiger partial charge in [-0.15, -0.1) is 0 Å². The second kappa shape index (κ2) is 6.90. The number of carbonyl (C=O) groups excluding carboxylic acids is 1. The number of phenolic OH excluding ortho intramolecular Hbond substituents is 1. The fourth-order valence-electron chi connectivity index (χ4n) is 2.98. The maximum Gasteiger partial charge on any atom is 0.255 e. The van der Waals surface area contributed by atoms with Crippen LogP contribution in [0.4, 0.5) is 0 Å². The molecule has 7 heteroatoms. The number of nitrogens with zero attached hydrogens (tertiary/aromatic N) is 2. The molecule has 1 unspecified atom stereocenters. The normalized spacial score (nSPS) is 16.1. The number of nitrogens with one attached hydrogen (secondary N) is 1. The molecule has 24 heavy (non-hydrogen) atoms. The molecule has 1 heterocycles. The summed E-state index contributed by atoms with van der Waals surface area (Å²) in [4.78, 5) is 16.9. The van der Waals surface area contributed by atoms with Gasteiger partial charge in [-0.25, -0.2) is 0 Å². The van der Waals surface area contributed by atoms with Crippen molar-refractivity contribution in [3.05, 3.63) is 35.5 Å². The van der Waals surface area contributed by atoms with Gasteiger partial charge < -0.3 is 19.7 Å². The van der Waals surface area contributed by atoms with Crippen LogP contribution >= 0.6 is 0 Å². The molecule has 1 saturated carbocycles. The number of aromatic nitrogens is 2. The van der Waals surface area contributed by atoms with E-state index in [2.05, 4.69) is 15.5 Å². The number of rotatable bonds is 5. The van der Waals surface area contributed by atoms with Crippen LogP contribution in [0, 0.1) is 0 Å². The first-order chi connectivity index (χ1) is 11.6. The average Bonchev–Trinajstić information content (AvgIpc) is 3.25. The molecule has 2 N–H and O–H groups in total. The summed E-state index contributed by atoms with van der Waals surface area (Å²) in [5.41, 5.74) is 0.250. The molecule has 1 aliphatic rings. The van der Waals surface area contributed by atoms with Crippen LogP contribution < -0.4 is 10.1 Å². The predicted octanol–water partition coefficient (Wildman–Crippen LogP) is 2.93. The van der Waals surface area contributed by atoms with E-state index < -0.39 is 6.04 Å². The van der Waals surface area contributed by atoms with Gasteiger partial charge in [-0.05, 0) is 38.0 Å². The molecule has 128 valence electrons. The number of ether oxygens (including phenoxy) is 1. The maximum absolute atomic E-state index is 12.4. The van der Waals surface area contributed by atoms with E-state index in [0.29, 0.717) is 17.6 Å². The summed E-state index contributed by atoms with van der Waals surface area (Å²) in [6.07, 6.45) is 4.55. The second-order valence-corrected chi connectivity index (χ2v) is 6.05. The number of carbonyl (C=O) groups is 1. The van der Waals surface area contributed by atoms with Gasteiger partial charge in [-0.1, -0.05) is 18.0 Å². The molecule has 2 aromatic rings. The molecule has 1 aromatic carbocycles. The topological polar surface area (TPSA) is 97.5 Å². The van der Waals surface area contributed by atoms with E-state index in [1.807, 2.05) is 0 Å². The average molecular weight is 331 g/mol. The third-order valence-electron chi connectivity index (χ3n) is 4.32. The Morgan fingerprint density at radius 3 is 2.88 bits per heavy atom. The summed E-state index contributed by atoms with van der Waals surface area (Å²) >= 11 is 0. The van der Waals surface area contributed by atoms with Crippen molar-refractivity contribution in [2.75, 3.05) is 7.11 Å². The molecule has 7 nitrogen and oxygen atoms in total. The molecule has 1 atom stereocenters. The van der Waals surface area contributed by atoms with Crippen molar-refractivity contribution in [3.8, 4) is 11.5 Å². The van der Waals surface area contributed by atoms with Crippen molar-refractivity contribution in [2.24, 2.45) is 0 Å². The van der Waals surface area contributed by atoms with Gasteiger partial charge in [0.25, 0.3) is 5.91 Å². The van der Waals surface area contributed by atoms with Crippen LogP contribution in [0.3, 0.4) is 0 Å². The van der Waals surface area contributed by atoms with Crippen molar-refractivity contribution in [1.29, 1.82) is 0 Å². The van der Waals surface area contributed by atoms with Crippen LogP contribution in [0.2, 0.25) is 0 Å². The largest absolute Gasteiger partial charge is 0.508 e. The van der Waals surface area contributed by atoms with E-state index in [1.165, 1.54) is 32.1 Å². The van der Waals surface area contributed by atoms with E-state index in [-0.39, 0.29) is 17.2 Å². The Balaban J connectivity index is 1.71. The lowest BCUT2D eigenvalue weighted by Crippen LogP contribution is -2.27. The zero-order valence-electron chi connectivity index (χ0n) is 13.8. The molecule has 0 aliphatic heterocycles. The van der Waals surface area contributed by atoms with Crippen molar-refractivity contribution in [1.82, 2.24) is 15.5 Å². The van der Waals surface area contributed by atoms with E-state index in [0.717, 1.165) is 18.7 Å². The van der Waals surface area contributed by atoms with Crippen LogP contribution in [0.15, 0.2) is 22.7 Å². The number of aromatic hydroxyl groups is 1. The Labute approximate surface area is 140 Å². The summed E-state index contributed by atoms with van der Waals surface area (Å²) in [6.45, 7) is 1.78. The van der Waals surface area contributed by atoms with Gasteiger partial charge in [0, 0.05) is 5.92 Å². The number of benzene rings is 1. The first kappa shape index (κ1) is 16.3. The summed E-state index contributed by atoms with van der Waals surface area (Å²) in [5.74, 6) is 1.46. The van der Waals surface area contributed by atoms with Gasteiger partial charge >= 0.3 is 0 Å². The summed E-state index contributed by atoms with van der Waals surface area (Å²) < 4.78 is 10.5. The first-order valence-electron chi connectivity index (χ1n) is 8.10.